The number of benzene rings is 1. The van der Waals surface area contributed by atoms with Gasteiger partial charge in [0.05, 0.1) is 6.54 Å². The first kappa shape index (κ1) is 12.7. The third-order valence-electron chi connectivity index (χ3n) is 3.51. The maximum Gasteiger partial charge on any atom is 0.226 e. The van der Waals surface area contributed by atoms with Gasteiger partial charge in [0.1, 0.15) is 17.3 Å². The van der Waals surface area contributed by atoms with Gasteiger partial charge < -0.3 is 8.98 Å². The number of hydrogen-bond acceptors (Lipinski definition) is 3. The van der Waals surface area contributed by atoms with Gasteiger partial charge in [-0.05, 0) is 32.4 Å². The Kier molecular flexibility index (Phi) is 3.14. The van der Waals surface area contributed by atoms with E-state index in [-0.39, 0.29) is 0 Å². The maximum absolute atomic E-state index is 5.83. The molecule has 4 heteroatoms. The zero-order valence-corrected chi connectivity index (χ0v) is 11.9. The molecule has 0 amide bonds. The zero-order chi connectivity index (χ0) is 14.1. The van der Waals surface area contributed by atoms with Crippen LogP contribution in [0.3, 0.4) is 0 Å². The van der Waals surface area contributed by atoms with E-state index in [4.69, 9.17) is 4.42 Å². The van der Waals surface area contributed by atoms with Gasteiger partial charge in [-0.2, -0.15) is 0 Å². The van der Waals surface area contributed by atoms with Crippen LogP contribution in [0, 0.1) is 20.8 Å². The molecule has 0 atom stereocenters. The summed E-state index contributed by atoms with van der Waals surface area (Å²) >= 11 is 0. The number of hydrogen-bond donors (Lipinski definition) is 0. The van der Waals surface area contributed by atoms with E-state index in [9.17, 15) is 0 Å². The number of rotatable bonds is 3. The molecule has 0 aliphatic rings. The fraction of sp³-hybridized carbons (Fsp3) is 0.250. The van der Waals surface area contributed by atoms with Gasteiger partial charge in [-0.15, -0.1) is 0 Å². The second-order valence-electron chi connectivity index (χ2n) is 4.94. The molecule has 0 saturated heterocycles. The predicted octanol–water partition coefficient (Wildman–Crippen LogP) is 3.51. The van der Waals surface area contributed by atoms with Crippen molar-refractivity contribution in [3.8, 4) is 11.5 Å². The largest absolute Gasteiger partial charge is 0.441 e. The number of aryl methyl sites for hydroxylation is 3. The summed E-state index contributed by atoms with van der Waals surface area (Å²) in [6, 6.07) is 8.12. The number of aromatic nitrogens is 3. The van der Waals surface area contributed by atoms with Crippen LogP contribution in [-0.2, 0) is 6.54 Å². The first-order chi connectivity index (χ1) is 9.65. The van der Waals surface area contributed by atoms with E-state index >= 15 is 0 Å². The summed E-state index contributed by atoms with van der Waals surface area (Å²) in [6.45, 7) is 6.69. The van der Waals surface area contributed by atoms with Crippen molar-refractivity contribution in [1.29, 1.82) is 0 Å². The Morgan fingerprint density at radius 1 is 1.15 bits per heavy atom. The van der Waals surface area contributed by atoms with Crippen molar-refractivity contribution in [3.63, 3.8) is 0 Å². The Bertz CT molecular complexity index is 740. The van der Waals surface area contributed by atoms with Crippen molar-refractivity contribution in [2.75, 3.05) is 0 Å². The molecule has 20 heavy (non-hydrogen) atoms. The Balaban J connectivity index is 1.96. The Morgan fingerprint density at radius 2 is 1.95 bits per heavy atom. The lowest BCUT2D eigenvalue weighted by Crippen LogP contribution is -2.02. The van der Waals surface area contributed by atoms with Crippen LogP contribution >= 0.6 is 0 Å². The molecule has 3 aromatic rings. The van der Waals surface area contributed by atoms with Gasteiger partial charge in [-0.25, -0.2) is 9.97 Å². The molecule has 0 saturated carbocycles. The van der Waals surface area contributed by atoms with Crippen LogP contribution in [0.1, 0.15) is 22.8 Å². The van der Waals surface area contributed by atoms with E-state index in [1.54, 1.807) is 6.20 Å². The van der Waals surface area contributed by atoms with Crippen molar-refractivity contribution < 1.29 is 4.42 Å². The molecule has 0 spiro atoms. The summed E-state index contributed by atoms with van der Waals surface area (Å²) in [5.41, 5.74) is 3.16. The maximum atomic E-state index is 5.83. The second kappa shape index (κ2) is 4.96. The monoisotopic (exact) mass is 267 g/mol. The van der Waals surface area contributed by atoms with E-state index in [0.29, 0.717) is 12.4 Å². The summed E-state index contributed by atoms with van der Waals surface area (Å²) in [4.78, 5) is 8.87. The van der Waals surface area contributed by atoms with Crippen LogP contribution in [0.4, 0.5) is 0 Å². The molecule has 0 aliphatic carbocycles. The lowest BCUT2D eigenvalue weighted by Gasteiger charge is -2.01. The number of oxazole rings is 1. The van der Waals surface area contributed by atoms with Crippen LogP contribution in [0.5, 0.6) is 0 Å². The molecule has 0 unspecified atom stereocenters. The second-order valence-corrected chi connectivity index (χ2v) is 4.94. The molecule has 3 rings (SSSR count). The first-order valence-electron chi connectivity index (χ1n) is 6.65. The van der Waals surface area contributed by atoms with Crippen LogP contribution in [0.15, 0.2) is 41.1 Å². The van der Waals surface area contributed by atoms with Gasteiger partial charge in [-0.3, -0.25) is 0 Å². The van der Waals surface area contributed by atoms with Crippen LogP contribution < -0.4 is 0 Å². The summed E-state index contributed by atoms with van der Waals surface area (Å²) in [6.07, 6.45) is 3.75. The van der Waals surface area contributed by atoms with Crippen molar-refractivity contribution in [2.24, 2.45) is 0 Å². The SMILES string of the molecule is Cc1ccccc1-c1nc(Cn2ccnc2C)c(C)o1. The summed E-state index contributed by atoms with van der Waals surface area (Å²) < 4.78 is 7.89. The van der Waals surface area contributed by atoms with Crippen molar-refractivity contribution >= 4 is 0 Å². The van der Waals surface area contributed by atoms with E-state index in [1.165, 1.54) is 5.56 Å². The highest BCUT2D eigenvalue weighted by molar-refractivity contribution is 5.58. The molecule has 0 bridgehead atoms. The molecular weight excluding hydrogens is 250 g/mol. The minimum atomic E-state index is 0.688. The minimum absolute atomic E-state index is 0.688. The molecule has 0 N–H and O–H groups in total. The highest BCUT2D eigenvalue weighted by Crippen LogP contribution is 2.25. The highest BCUT2D eigenvalue weighted by atomic mass is 16.4. The van der Waals surface area contributed by atoms with Gasteiger partial charge >= 0.3 is 0 Å². The number of nitrogens with zero attached hydrogens (tertiary/aromatic N) is 3. The zero-order valence-electron chi connectivity index (χ0n) is 11.9. The van der Waals surface area contributed by atoms with Crippen LogP contribution in [0.2, 0.25) is 0 Å². The molecule has 102 valence electrons. The Hall–Kier alpha value is -2.36. The third kappa shape index (κ3) is 2.25. The topological polar surface area (TPSA) is 43.9 Å². The third-order valence-corrected chi connectivity index (χ3v) is 3.51. The average molecular weight is 267 g/mol. The lowest BCUT2D eigenvalue weighted by molar-refractivity contribution is 0.537. The summed E-state index contributed by atoms with van der Waals surface area (Å²) in [5, 5.41) is 0. The van der Waals surface area contributed by atoms with Gasteiger partial charge in [-0.1, -0.05) is 18.2 Å². The van der Waals surface area contributed by atoms with Gasteiger partial charge in [0.15, 0.2) is 0 Å². The Labute approximate surface area is 118 Å². The molecule has 1 aromatic carbocycles. The fourth-order valence-electron chi connectivity index (χ4n) is 2.23. The summed E-state index contributed by atoms with van der Waals surface area (Å²) in [7, 11) is 0. The fourth-order valence-corrected chi connectivity index (χ4v) is 2.23. The molecular formula is C16H17N3O. The van der Waals surface area contributed by atoms with Crippen molar-refractivity contribution in [3.05, 3.63) is 59.5 Å². The standard InChI is InChI=1S/C16H17N3O/c1-11-6-4-5-7-14(11)16-18-15(12(2)20-16)10-19-9-8-17-13(19)3/h4-9H,10H2,1-3H3. The molecule has 4 nitrogen and oxygen atoms in total. The first-order valence-corrected chi connectivity index (χ1v) is 6.65. The minimum Gasteiger partial charge on any atom is -0.441 e. The van der Waals surface area contributed by atoms with Crippen LogP contribution in [0.25, 0.3) is 11.5 Å². The quantitative estimate of drug-likeness (QED) is 0.729. The molecule has 2 aromatic heterocycles. The van der Waals surface area contributed by atoms with Crippen molar-refractivity contribution in [2.45, 2.75) is 27.3 Å². The van der Waals surface area contributed by atoms with E-state index in [0.717, 1.165) is 22.8 Å². The smallest absolute Gasteiger partial charge is 0.226 e. The highest BCUT2D eigenvalue weighted by Gasteiger charge is 2.13. The normalized spacial score (nSPS) is 10.9. The molecule has 0 aliphatic heterocycles. The predicted molar refractivity (Wildman–Crippen MR) is 77.5 cm³/mol. The average Bonchev–Trinajstić information content (AvgIpc) is 2.98. The summed E-state index contributed by atoms with van der Waals surface area (Å²) in [5.74, 6) is 2.52. The van der Waals surface area contributed by atoms with E-state index in [1.807, 2.05) is 38.2 Å². The van der Waals surface area contributed by atoms with Crippen molar-refractivity contribution in [1.82, 2.24) is 14.5 Å². The van der Waals surface area contributed by atoms with Gasteiger partial charge in [0.2, 0.25) is 5.89 Å². The van der Waals surface area contributed by atoms with E-state index in [2.05, 4.69) is 27.5 Å². The number of imidazole rings is 1. The van der Waals surface area contributed by atoms with E-state index < -0.39 is 0 Å². The van der Waals surface area contributed by atoms with Crippen LogP contribution in [-0.4, -0.2) is 14.5 Å². The molecule has 0 radical (unpaired) electrons. The van der Waals surface area contributed by atoms with Gasteiger partial charge in [0, 0.05) is 18.0 Å². The lowest BCUT2D eigenvalue weighted by atomic mass is 10.1. The molecule has 2 heterocycles. The molecule has 0 fully saturated rings. The Morgan fingerprint density at radius 3 is 2.65 bits per heavy atom. The van der Waals surface area contributed by atoms with Gasteiger partial charge in [0.25, 0.3) is 0 Å².